The minimum atomic E-state index is -4.44. The molecule has 23 heavy (non-hydrogen) atoms. The van der Waals surface area contributed by atoms with E-state index >= 15 is 0 Å². The predicted octanol–water partition coefficient (Wildman–Crippen LogP) is 3.21. The molecule has 1 aromatic heterocycles. The van der Waals surface area contributed by atoms with E-state index in [9.17, 15) is 21.6 Å². The van der Waals surface area contributed by atoms with Gasteiger partial charge in [-0.1, -0.05) is 29.0 Å². The molecule has 2 rings (SSSR count). The number of halogens is 4. The van der Waals surface area contributed by atoms with Crippen molar-refractivity contribution in [2.45, 2.75) is 11.1 Å². The Balaban J connectivity index is 1.87. The van der Waals surface area contributed by atoms with Crippen LogP contribution in [0.4, 0.5) is 18.3 Å². The number of rotatable bonds is 6. The average Bonchev–Trinajstić information content (AvgIpc) is 2.92. The van der Waals surface area contributed by atoms with Crippen molar-refractivity contribution < 1.29 is 21.6 Å². The van der Waals surface area contributed by atoms with Gasteiger partial charge in [0.1, 0.15) is 4.88 Å². The standard InChI is InChI=1S/C12H11ClF3N3O2S2/c13-8-2-1-3-9(6-8)23(20,21)19-5-4-17-11-18-7-10(22-11)12(14,15)16/h1-3,6-7,19H,4-5H2,(H,17,18). The van der Waals surface area contributed by atoms with E-state index in [4.69, 9.17) is 11.6 Å². The van der Waals surface area contributed by atoms with E-state index in [0.29, 0.717) is 11.3 Å². The summed E-state index contributed by atoms with van der Waals surface area (Å²) in [5.41, 5.74) is 0. The maximum atomic E-state index is 12.4. The third-order valence-electron chi connectivity index (χ3n) is 2.58. The van der Waals surface area contributed by atoms with Crippen LogP contribution in [0.5, 0.6) is 0 Å². The topological polar surface area (TPSA) is 71.1 Å². The second-order valence-corrected chi connectivity index (χ2v) is 7.54. The number of benzene rings is 1. The quantitative estimate of drug-likeness (QED) is 0.749. The van der Waals surface area contributed by atoms with E-state index < -0.39 is 21.1 Å². The first kappa shape index (κ1) is 18.0. The van der Waals surface area contributed by atoms with E-state index in [0.717, 1.165) is 6.20 Å². The molecular weight excluding hydrogens is 375 g/mol. The first-order chi connectivity index (χ1) is 10.7. The van der Waals surface area contributed by atoms with Crippen molar-refractivity contribution in [3.8, 4) is 0 Å². The fourth-order valence-electron chi connectivity index (χ4n) is 1.56. The van der Waals surface area contributed by atoms with Crippen molar-refractivity contribution >= 4 is 38.1 Å². The monoisotopic (exact) mass is 385 g/mol. The van der Waals surface area contributed by atoms with Gasteiger partial charge in [-0.2, -0.15) is 13.2 Å². The maximum absolute atomic E-state index is 12.4. The Morgan fingerprint density at radius 1 is 1.26 bits per heavy atom. The Labute approximate surface area is 139 Å². The summed E-state index contributed by atoms with van der Waals surface area (Å²) in [6.45, 7) is 0.0698. The third-order valence-corrected chi connectivity index (χ3v) is 5.28. The van der Waals surface area contributed by atoms with Crippen LogP contribution in [-0.2, 0) is 16.2 Å². The highest BCUT2D eigenvalue weighted by Gasteiger charge is 2.33. The third kappa shape index (κ3) is 5.06. The molecular formula is C12H11ClF3N3O2S2. The van der Waals surface area contributed by atoms with Gasteiger partial charge in [-0.05, 0) is 18.2 Å². The molecule has 5 nitrogen and oxygen atoms in total. The van der Waals surface area contributed by atoms with Gasteiger partial charge >= 0.3 is 6.18 Å². The van der Waals surface area contributed by atoms with Gasteiger partial charge in [-0.15, -0.1) is 0 Å². The van der Waals surface area contributed by atoms with Crippen molar-refractivity contribution in [2.75, 3.05) is 18.4 Å². The van der Waals surface area contributed by atoms with Gasteiger partial charge in [-0.25, -0.2) is 18.1 Å². The highest BCUT2D eigenvalue weighted by molar-refractivity contribution is 7.89. The van der Waals surface area contributed by atoms with Gasteiger partial charge in [0.25, 0.3) is 0 Å². The highest BCUT2D eigenvalue weighted by atomic mass is 35.5. The molecule has 0 radical (unpaired) electrons. The Bertz CT molecular complexity index is 778. The first-order valence-corrected chi connectivity index (χ1v) is 8.88. The zero-order chi connectivity index (χ0) is 17.1. The lowest BCUT2D eigenvalue weighted by Gasteiger charge is -2.07. The second kappa shape index (κ2) is 7.04. The van der Waals surface area contributed by atoms with Crippen molar-refractivity contribution in [3.05, 3.63) is 40.4 Å². The summed E-state index contributed by atoms with van der Waals surface area (Å²) < 4.78 is 63.5. The van der Waals surface area contributed by atoms with E-state index in [1.807, 2.05) is 0 Å². The molecule has 0 spiro atoms. The van der Waals surface area contributed by atoms with Crippen LogP contribution in [0, 0.1) is 0 Å². The number of alkyl halides is 3. The van der Waals surface area contributed by atoms with E-state index in [-0.39, 0.29) is 28.1 Å². The molecule has 11 heteroatoms. The summed E-state index contributed by atoms with van der Waals surface area (Å²) in [5, 5.41) is 2.98. The van der Waals surface area contributed by atoms with Gasteiger partial charge in [0.2, 0.25) is 10.0 Å². The molecule has 0 fully saturated rings. The Hall–Kier alpha value is -1.36. The Kier molecular flexibility index (Phi) is 5.50. The van der Waals surface area contributed by atoms with Crippen LogP contribution in [-0.4, -0.2) is 26.5 Å². The zero-order valence-electron chi connectivity index (χ0n) is 11.4. The molecule has 2 N–H and O–H groups in total. The fourth-order valence-corrected chi connectivity index (χ4v) is 3.60. The summed E-state index contributed by atoms with van der Waals surface area (Å²) >= 11 is 6.18. The number of hydrogen-bond donors (Lipinski definition) is 2. The molecule has 0 bridgehead atoms. The molecule has 126 valence electrons. The highest BCUT2D eigenvalue weighted by Crippen LogP contribution is 2.34. The van der Waals surface area contributed by atoms with Crippen LogP contribution in [0.25, 0.3) is 0 Å². The number of sulfonamides is 1. The second-order valence-electron chi connectivity index (χ2n) is 4.31. The van der Waals surface area contributed by atoms with Crippen molar-refractivity contribution in [2.24, 2.45) is 0 Å². The summed E-state index contributed by atoms with van der Waals surface area (Å²) in [6, 6.07) is 5.73. The van der Waals surface area contributed by atoms with Crippen molar-refractivity contribution in [1.82, 2.24) is 9.71 Å². The predicted molar refractivity (Wildman–Crippen MR) is 82.2 cm³/mol. The summed E-state index contributed by atoms with van der Waals surface area (Å²) in [4.78, 5) is 2.77. The average molecular weight is 386 g/mol. The number of nitrogens with zero attached hydrogens (tertiary/aromatic N) is 1. The van der Waals surface area contributed by atoms with Gasteiger partial charge in [0.05, 0.1) is 11.1 Å². The van der Waals surface area contributed by atoms with Crippen molar-refractivity contribution in [1.29, 1.82) is 0 Å². The van der Waals surface area contributed by atoms with Gasteiger partial charge in [0, 0.05) is 18.1 Å². The van der Waals surface area contributed by atoms with Gasteiger partial charge in [-0.3, -0.25) is 0 Å². The minimum Gasteiger partial charge on any atom is -0.360 e. The normalized spacial score (nSPS) is 12.3. The van der Waals surface area contributed by atoms with Crippen LogP contribution in [0.2, 0.25) is 5.02 Å². The minimum absolute atomic E-state index is 0.0126. The Morgan fingerprint density at radius 2 is 2.00 bits per heavy atom. The molecule has 0 saturated carbocycles. The summed E-state index contributed by atoms with van der Waals surface area (Å²) in [5.74, 6) is 0. The molecule has 1 heterocycles. The molecule has 0 aliphatic heterocycles. The summed E-state index contributed by atoms with van der Waals surface area (Å²) in [7, 11) is -3.73. The lowest BCUT2D eigenvalue weighted by atomic mass is 10.4. The smallest absolute Gasteiger partial charge is 0.360 e. The molecule has 0 aliphatic rings. The molecule has 0 amide bonds. The van der Waals surface area contributed by atoms with Crippen LogP contribution in [0.3, 0.4) is 0 Å². The number of aromatic nitrogens is 1. The molecule has 1 aromatic carbocycles. The maximum Gasteiger partial charge on any atom is 0.427 e. The van der Waals surface area contributed by atoms with Crippen LogP contribution < -0.4 is 10.0 Å². The lowest BCUT2D eigenvalue weighted by Crippen LogP contribution is -2.28. The Morgan fingerprint density at radius 3 is 2.61 bits per heavy atom. The SMILES string of the molecule is O=S(=O)(NCCNc1ncc(C(F)(F)F)s1)c1cccc(Cl)c1. The fraction of sp³-hybridized carbons (Fsp3) is 0.250. The van der Waals surface area contributed by atoms with Crippen LogP contribution >= 0.6 is 22.9 Å². The largest absolute Gasteiger partial charge is 0.427 e. The number of nitrogens with one attached hydrogen (secondary N) is 2. The summed E-state index contributed by atoms with van der Waals surface area (Å²) in [6.07, 6.45) is -3.71. The van der Waals surface area contributed by atoms with Crippen LogP contribution in [0.15, 0.2) is 35.4 Å². The van der Waals surface area contributed by atoms with Crippen molar-refractivity contribution in [3.63, 3.8) is 0 Å². The molecule has 0 aliphatic carbocycles. The van der Waals surface area contributed by atoms with Gasteiger partial charge < -0.3 is 5.32 Å². The molecule has 0 saturated heterocycles. The van der Waals surface area contributed by atoms with E-state index in [1.54, 1.807) is 6.07 Å². The first-order valence-electron chi connectivity index (χ1n) is 6.20. The number of thiazole rings is 1. The van der Waals surface area contributed by atoms with Gasteiger partial charge in [0.15, 0.2) is 5.13 Å². The van der Waals surface area contributed by atoms with E-state index in [2.05, 4.69) is 15.0 Å². The van der Waals surface area contributed by atoms with E-state index in [1.165, 1.54) is 18.2 Å². The molecule has 0 unspecified atom stereocenters. The molecule has 0 atom stereocenters. The molecule has 2 aromatic rings. The number of anilines is 1. The zero-order valence-corrected chi connectivity index (χ0v) is 13.8. The lowest BCUT2D eigenvalue weighted by molar-refractivity contribution is -0.134. The number of hydrogen-bond acceptors (Lipinski definition) is 5. The van der Waals surface area contributed by atoms with Crippen LogP contribution in [0.1, 0.15) is 4.88 Å².